The molecule has 1 amide bonds. The molecule has 0 aliphatic carbocycles. The molecule has 0 aliphatic heterocycles. The summed E-state index contributed by atoms with van der Waals surface area (Å²) in [6, 6.07) is 1.46. The van der Waals surface area contributed by atoms with Crippen molar-refractivity contribution in [3.8, 4) is 6.07 Å². The number of nitrogens with one attached hydrogen (secondary N) is 1. The minimum absolute atomic E-state index is 0.441. The monoisotopic (exact) mass is 169 g/mol. The second-order valence-corrected chi connectivity index (χ2v) is 3.26. The van der Waals surface area contributed by atoms with Crippen LogP contribution in [0.15, 0.2) is 5.16 Å². The van der Waals surface area contributed by atoms with Crippen LogP contribution >= 0.6 is 0 Å². The van der Waals surface area contributed by atoms with E-state index in [9.17, 15) is 4.79 Å². The molecule has 0 bridgehead atoms. The number of nitrogens with zero attached hydrogens (tertiary/aromatic N) is 2. The Morgan fingerprint density at radius 2 is 2.08 bits per heavy atom. The second-order valence-electron chi connectivity index (χ2n) is 3.26. The Labute approximate surface area is 70.7 Å². The van der Waals surface area contributed by atoms with Gasteiger partial charge in [-0.15, -0.1) is 0 Å². The van der Waals surface area contributed by atoms with Crippen molar-refractivity contribution >= 4 is 11.6 Å². The predicted molar refractivity (Wildman–Crippen MR) is 42.7 cm³/mol. The Bertz CT molecular complexity index is 244. The van der Waals surface area contributed by atoms with Crippen LogP contribution in [0.1, 0.15) is 20.8 Å². The smallest absolute Gasteiger partial charge is 0.284 e. The molecule has 5 nitrogen and oxygen atoms in total. The molecule has 0 aromatic heterocycles. The first kappa shape index (κ1) is 10.4. The molecule has 0 rings (SSSR count). The topological polar surface area (TPSA) is 85.5 Å². The van der Waals surface area contributed by atoms with Gasteiger partial charge in [0, 0.05) is 5.54 Å². The molecule has 0 heterocycles. The van der Waals surface area contributed by atoms with E-state index in [-0.39, 0.29) is 0 Å². The summed E-state index contributed by atoms with van der Waals surface area (Å²) in [5.74, 6) is -0.674. The SMILES string of the molecule is CC(C)(C)NC(=O)C(C#N)=NO. The summed E-state index contributed by atoms with van der Waals surface area (Å²) in [5.41, 5.74) is -0.978. The number of hydrogen-bond donors (Lipinski definition) is 2. The number of carbonyl (C=O) groups is 1. The van der Waals surface area contributed by atoms with Crippen molar-refractivity contribution in [1.82, 2.24) is 5.32 Å². The van der Waals surface area contributed by atoms with Crippen molar-refractivity contribution in [3.63, 3.8) is 0 Å². The molecule has 0 saturated heterocycles. The lowest BCUT2D eigenvalue weighted by Crippen LogP contribution is -2.43. The van der Waals surface area contributed by atoms with Crippen LogP contribution in [-0.4, -0.2) is 22.4 Å². The molecular formula is C7H11N3O2. The van der Waals surface area contributed by atoms with Crippen LogP contribution in [0.4, 0.5) is 0 Å². The van der Waals surface area contributed by atoms with Crippen molar-refractivity contribution in [2.45, 2.75) is 26.3 Å². The molecule has 0 aliphatic rings. The molecule has 0 aromatic carbocycles. The van der Waals surface area contributed by atoms with E-state index in [1.165, 1.54) is 6.07 Å². The first-order valence-electron chi connectivity index (χ1n) is 3.35. The summed E-state index contributed by atoms with van der Waals surface area (Å²) in [5, 5.41) is 21.5. The number of carbonyl (C=O) groups excluding carboxylic acids is 1. The molecule has 0 atom stereocenters. The van der Waals surface area contributed by atoms with Crippen LogP contribution in [-0.2, 0) is 4.79 Å². The number of nitriles is 1. The highest BCUT2D eigenvalue weighted by atomic mass is 16.4. The highest BCUT2D eigenvalue weighted by molar-refractivity contribution is 6.45. The van der Waals surface area contributed by atoms with Gasteiger partial charge in [0.15, 0.2) is 0 Å². The predicted octanol–water partition coefficient (Wildman–Crippen LogP) is 0.255. The van der Waals surface area contributed by atoms with Crippen molar-refractivity contribution in [3.05, 3.63) is 0 Å². The van der Waals surface area contributed by atoms with Gasteiger partial charge in [0.05, 0.1) is 0 Å². The molecule has 12 heavy (non-hydrogen) atoms. The molecule has 0 saturated carbocycles. The molecule has 66 valence electrons. The van der Waals surface area contributed by atoms with E-state index < -0.39 is 17.2 Å². The van der Waals surface area contributed by atoms with Gasteiger partial charge < -0.3 is 10.5 Å². The minimum atomic E-state index is -0.674. The second kappa shape index (κ2) is 3.72. The molecule has 0 aromatic rings. The number of oxime groups is 1. The highest BCUT2D eigenvalue weighted by Crippen LogP contribution is 1.97. The first-order chi connectivity index (χ1) is 5.40. The fourth-order valence-electron chi connectivity index (χ4n) is 0.518. The maximum atomic E-state index is 11.0. The Morgan fingerprint density at radius 1 is 1.58 bits per heavy atom. The lowest BCUT2D eigenvalue weighted by atomic mass is 10.1. The summed E-state index contributed by atoms with van der Waals surface area (Å²) in [6.45, 7) is 5.28. The van der Waals surface area contributed by atoms with Crippen LogP contribution in [0.2, 0.25) is 0 Å². The number of amides is 1. The van der Waals surface area contributed by atoms with Crippen molar-refractivity contribution in [2.75, 3.05) is 0 Å². The van der Waals surface area contributed by atoms with E-state index in [1.54, 1.807) is 20.8 Å². The first-order valence-corrected chi connectivity index (χ1v) is 3.35. The third kappa shape index (κ3) is 3.56. The molecule has 5 heteroatoms. The molecule has 0 fully saturated rings. The zero-order valence-electron chi connectivity index (χ0n) is 7.25. The fraction of sp³-hybridized carbons (Fsp3) is 0.571. The van der Waals surface area contributed by atoms with Gasteiger partial charge >= 0.3 is 0 Å². The Balaban J connectivity index is 4.36. The fourth-order valence-corrected chi connectivity index (χ4v) is 0.518. The van der Waals surface area contributed by atoms with Gasteiger partial charge in [0.1, 0.15) is 6.07 Å². The summed E-state index contributed by atoms with van der Waals surface area (Å²) in [7, 11) is 0. The molecule has 0 unspecified atom stereocenters. The number of hydrogen-bond acceptors (Lipinski definition) is 4. The minimum Gasteiger partial charge on any atom is -0.410 e. The third-order valence-electron chi connectivity index (χ3n) is 0.910. The maximum Gasteiger partial charge on any atom is 0.284 e. The van der Waals surface area contributed by atoms with Crippen molar-refractivity contribution in [1.29, 1.82) is 5.26 Å². The Morgan fingerprint density at radius 3 is 2.33 bits per heavy atom. The van der Waals surface area contributed by atoms with Gasteiger partial charge in [0.25, 0.3) is 5.91 Å². The summed E-state index contributed by atoms with van der Waals surface area (Å²) >= 11 is 0. The van der Waals surface area contributed by atoms with E-state index in [1.807, 2.05) is 0 Å². The average molecular weight is 169 g/mol. The maximum absolute atomic E-state index is 11.0. The van der Waals surface area contributed by atoms with Crippen LogP contribution in [0, 0.1) is 11.3 Å². The van der Waals surface area contributed by atoms with Gasteiger partial charge in [-0.05, 0) is 20.8 Å². The van der Waals surface area contributed by atoms with Crippen molar-refractivity contribution < 1.29 is 10.0 Å². The molecule has 0 radical (unpaired) electrons. The zero-order chi connectivity index (χ0) is 9.78. The zero-order valence-corrected chi connectivity index (χ0v) is 7.25. The lowest BCUT2D eigenvalue weighted by Gasteiger charge is -2.19. The quantitative estimate of drug-likeness (QED) is 0.335. The Hall–Kier alpha value is -1.57. The summed E-state index contributed by atoms with van der Waals surface area (Å²) < 4.78 is 0. The van der Waals surface area contributed by atoms with Crippen LogP contribution in [0.5, 0.6) is 0 Å². The largest absolute Gasteiger partial charge is 0.410 e. The van der Waals surface area contributed by atoms with Gasteiger partial charge in [0.2, 0.25) is 5.71 Å². The van der Waals surface area contributed by atoms with E-state index in [0.717, 1.165) is 0 Å². The molecule has 2 N–H and O–H groups in total. The van der Waals surface area contributed by atoms with Gasteiger partial charge in [-0.1, -0.05) is 5.16 Å². The van der Waals surface area contributed by atoms with Crippen LogP contribution < -0.4 is 5.32 Å². The standard InChI is InChI=1S/C7H11N3O2/c1-7(2,3)9-6(11)5(4-8)10-12/h12H,1-3H3,(H,9,11). The van der Waals surface area contributed by atoms with Gasteiger partial charge in [-0.2, -0.15) is 5.26 Å². The van der Waals surface area contributed by atoms with E-state index in [4.69, 9.17) is 10.5 Å². The normalized spacial score (nSPS) is 12.0. The van der Waals surface area contributed by atoms with E-state index >= 15 is 0 Å². The van der Waals surface area contributed by atoms with Gasteiger partial charge in [-0.25, -0.2) is 0 Å². The third-order valence-corrected chi connectivity index (χ3v) is 0.910. The average Bonchev–Trinajstić information content (AvgIpc) is 1.85. The van der Waals surface area contributed by atoms with Gasteiger partial charge in [-0.3, -0.25) is 4.79 Å². The van der Waals surface area contributed by atoms with E-state index in [0.29, 0.717) is 0 Å². The van der Waals surface area contributed by atoms with Crippen LogP contribution in [0.25, 0.3) is 0 Å². The molecule has 0 spiro atoms. The number of rotatable bonds is 1. The summed E-state index contributed by atoms with van der Waals surface area (Å²) in [6.07, 6.45) is 0. The van der Waals surface area contributed by atoms with E-state index in [2.05, 4.69) is 10.5 Å². The lowest BCUT2D eigenvalue weighted by molar-refractivity contribution is -0.116. The van der Waals surface area contributed by atoms with Crippen molar-refractivity contribution in [2.24, 2.45) is 5.16 Å². The summed E-state index contributed by atoms with van der Waals surface area (Å²) in [4.78, 5) is 11.0. The van der Waals surface area contributed by atoms with Crippen LogP contribution in [0.3, 0.4) is 0 Å². The highest BCUT2D eigenvalue weighted by Gasteiger charge is 2.18. The molecular weight excluding hydrogens is 158 g/mol. The Kier molecular flexibility index (Phi) is 3.23.